The van der Waals surface area contributed by atoms with Gasteiger partial charge in [0.05, 0.1) is 0 Å². The van der Waals surface area contributed by atoms with Crippen LogP contribution in [0.4, 0.5) is 0 Å². The predicted octanol–water partition coefficient (Wildman–Crippen LogP) is 4.27. The molecular weight excluding hydrogens is 194 g/mol. The fourth-order valence-corrected chi connectivity index (χ4v) is 3.22. The van der Waals surface area contributed by atoms with Crippen LogP contribution in [-0.4, -0.2) is 12.6 Å². The number of nitrogens with one attached hydrogen (secondary N) is 1. The quantitative estimate of drug-likeness (QED) is 0.606. The van der Waals surface area contributed by atoms with Crippen LogP contribution in [0.3, 0.4) is 0 Å². The summed E-state index contributed by atoms with van der Waals surface area (Å²) in [7, 11) is 0. The van der Waals surface area contributed by atoms with Crippen molar-refractivity contribution in [3.8, 4) is 0 Å². The van der Waals surface area contributed by atoms with Crippen molar-refractivity contribution in [2.75, 3.05) is 6.54 Å². The highest BCUT2D eigenvalue weighted by atomic mass is 15.0. The molecule has 0 spiro atoms. The minimum absolute atomic E-state index is 0.705. The first kappa shape index (κ1) is 12.4. The molecule has 1 nitrogen and oxygen atoms in total. The lowest BCUT2D eigenvalue weighted by molar-refractivity contribution is 0.246. The third-order valence-corrected chi connectivity index (χ3v) is 4.57. The average Bonchev–Trinajstić information content (AvgIpc) is 3.02. The standard InChI is InChI=1S/C15H29N/c1-2-3-4-5-10-15(11-6-7-12-15)13-16-14-8-9-14/h14,16H,2-13H2,1H3. The van der Waals surface area contributed by atoms with Gasteiger partial charge >= 0.3 is 0 Å². The largest absolute Gasteiger partial charge is 0.313 e. The summed E-state index contributed by atoms with van der Waals surface area (Å²) in [4.78, 5) is 0. The summed E-state index contributed by atoms with van der Waals surface area (Å²) >= 11 is 0. The van der Waals surface area contributed by atoms with Gasteiger partial charge in [-0.2, -0.15) is 0 Å². The lowest BCUT2D eigenvalue weighted by Gasteiger charge is -2.29. The Morgan fingerprint density at radius 2 is 1.81 bits per heavy atom. The van der Waals surface area contributed by atoms with E-state index in [2.05, 4.69) is 12.2 Å². The normalized spacial score (nSPS) is 23.8. The van der Waals surface area contributed by atoms with Crippen LogP contribution in [0, 0.1) is 5.41 Å². The second kappa shape index (κ2) is 6.05. The third kappa shape index (κ3) is 3.76. The topological polar surface area (TPSA) is 12.0 Å². The number of unbranched alkanes of at least 4 members (excludes halogenated alkanes) is 3. The molecule has 0 aliphatic heterocycles. The summed E-state index contributed by atoms with van der Waals surface area (Å²) in [5.41, 5.74) is 0.705. The summed E-state index contributed by atoms with van der Waals surface area (Å²) in [5.74, 6) is 0. The van der Waals surface area contributed by atoms with E-state index in [4.69, 9.17) is 0 Å². The van der Waals surface area contributed by atoms with Crippen molar-refractivity contribution in [3.63, 3.8) is 0 Å². The highest BCUT2D eigenvalue weighted by Gasteiger charge is 2.34. The monoisotopic (exact) mass is 223 g/mol. The molecule has 0 aromatic heterocycles. The molecule has 0 aromatic carbocycles. The average molecular weight is 223 g/mol. The van der Waals surface area contributed by atoms with E-state index in [0.717, 1.165) is 6.04 Å². The Labute approximate surface area is 101 Å². The van der Waals surface area contributed by atoms with Crippen LogP contribution in [-0.2, 0) is 0 Å². The molecule has 2 aliphatic carbocycles. The Morgan fingerprint density at radius 3 is 2.44 bits per heavy atom. The van der Waals surface area contributed by atoms with Gasteiger partial charge in [0, 0.05) is 12.6 Å². The van der Waals surface area contributed by atoms with E-state index in [1.54, 1.807) is 0 Å². The lowest BCUT2D eigenvalue weighted by atomic mass is 9.80. The van der Waals surface area contributed by atoms with Gasteiger partial charge in [-0.15, -0.1) is 0 Å². The molecule has 1 N–H and O–H groups in total. The predicted molar refractivity (Wildman–Crippen MR) is 70.7 cm³/mol. The van der Waals surface area contributed by atoms with Crippen LogP contribution < -0.4 is 5.32 Å². The van der Waals surface area contributed by atoms with E-state index in [0.29, 0.717) is 5.41 Å². The summed E-state index contributed by atoms with van der Waals surface area (Å²) in [6.45, 7) is 3.63. The minimum Gasteiger partial charge on any atom is -0.313 e. The molecular formula is C15H29N. The van der Waals surface area contributed by atoms with Crippen LogP contribution in [0.2, 0.25) is 0 Å². The van der Waals surface area contributed by atoms with Crippen LogP contribution in [0.25, 0.3) is 0 Å². The SMILES string of the molecule is CCCCCCC1(CNC2CC2)CCCC1. The van der Waals surface area contributed by atoms with Crippen molar-refractivity contribution in [2.45, 2.75) is 83.6 Å². The maximum atomic E-state index is 3.78. The first-order valence-electron chi connectivity index (χ1n) is 7.58. The Hall–Kier alpha value is -0.0400. The summed E-state index contributed by atoms with van der Waals surface area (Å²) in [6, 6.07) is 0.896. The maximum absolute atomic E-state index is 3.78. The van der Waals surface area contributed by atoms with Gasteiger partial charge in [0.25, 0.3) is 0 Å². The molecule has 2 rings (SSSR count). The molecule has 0 aromatic rings. The van der Waals surface area contributed by atoms with Crippen LogP contribution in [0.1, 0.15) is 77.6 Å². The summed E-state index contributed by atoms with van der Waals surface area (Å²) < 4.78 is 0. The van der Waals surface area contributed by atoms with Crippen LogP contribution in [0.5, 0.6) is 0 Å². The highest BCUT2D eigenvalue weighted by molar-refractivity contribution is 4.90. The highest BCUT2D eigenvalue weighted by Crippen LogP contribution is 2.42. The molecule has 0 radical (unpaired) electrons. The Balaban J connectivity index is 1.68. The first-order valence-corrected chi connectivity index (χ1v) is 7.58. The van der Waals surface area contributed by atoms with E-state index in [1.807, 2.05) is 0 Å². The van der Waals surface area contributed by atoms with E-state index in [-0.39, 0.29) is 0 Å². The van der Waals surface area contributed by atoms with Gasteiger partial charge in [-0.1, -0.05) is 45.4 Å². The number of hydrogen-bond donors (Lipinski definition) is 1. The molecule has 2 saturated carbocycles. The van der Waals surface area contributed by atoms with Crippen molar-refractivity contribution in [2.24, 2.45) is 5.41 Å². The third-order valence-electron chi connectivity index (χ3n) is 4.57. The Bertz CT molecular complexity index is 190. The molecule has 16 heavy (non-hydrogen) atoms. The van der Waals surface area contributed by atoms with Crippen LogP contribution in [0.15, 0.2) is 0 Å². The minimum atomic E-state index is 0.705. The first-order chi connectivity index (χ1) is 7.85. The number of rotatable bonds is 8. The second-order valence-corrected chi connectivity index (χ2v) is 6.17. The van der Waals surface area contributed by atoms with Crippen molar-refractivity contribution < 1.29 is 0 Å². The zero-order valence-electron chi connectivity index (χ0n) is 11.1. The molecule has 2 aliphatic rings. The van der Waals surface area contributed by atoms with Crippen molar-refractivity contribution >= 4 is 0 Å². The van der Waals surface area contributed by atoms with E-state index < -0.39 is 0 Å². The van der Waals surface area contributed by atoms with E-state index >= 15 is 0 Å². The molecule has 0 bridgehead atoms. The van der Waals surface area contributed by atoms with Gasteiger partial charge in [0.15, 0.2) is 0 Å². The number of hydrogen-bond acceptors (Lipinski definition) is 1. The fraction of sp³-hybridized carbons (Fsp3) is 1.00. The zero-order valence-corrected chi connectivity index (χ0v) is 11.1. The summed E-state index contributed by atoms with van der Waals surface area (Å²) in [5, 5.41) is 3.78. The van der Waals surface area contributed by atoms with Gasteiger partial charge in [-0.3, -0.25) is 0 Å². The molecule has 2 fully saturated rings. The fourth-order valence-electron chi connectivity index (χ4n) is 3.22. The Kier molecular flexibility index (Phi) is 4.69. The van der Waals surface area contributed by atoms with Crippen molar-refractivity contribution in [3.05, 3.63) is 0 Å². The van der Waals surface area contributed by atoms with Crippen molar-refractivity contribution in [1.82, 2.24) is 5.32 Å². The van der Waals surface area contributed by atoms with Gasteiger partial charge in [-0.25, -0.2) is 0 Å². The van der Waals surface area contributed by atoms with Crippen LogP contribution >= 0.6 is 0 Å². The molecule has 0 amide bonds. The zero-order chi connectivity index (χ0) is 11.3. The van der Waals surface area contributed by atoms with E-state index in [1.165, 1.54) is 77.2 Å². The molecule has 0 atom stereocenters. The van der Waals surface area contributed by atoms with E-state index in [9.17, 15) is 0 Å². The van der Waals surface area contributed by atoms with Crippen molar-refractivity contribution in [1.29, 1.82) is 0 Å². The van der Waals surface area contributed by atoms with Gasteiger partial charge in [-0.05, 0) is 37.5 Å². The maximum Gasteiger partial charge on any atom is 0.00684 e. The molecule has 94 valence electrons. The second-order valence-electron chi connectivity index (χ2n) is 6.17. The Morgan fingerprint density at radius 1 is 1.06 bits per heavy atom. The van der Waals surface area contributed by atoms with Gasteiger partial charge in [0.1, 0.15) is 0 Å². The molecule has 0 heterocycles. The molecule has 0 unspecified atom stereocenters. The smallest absolute Gasteiger partial charge is 0.00684 e. The molecule has 1 heteroatoms. The summed E-state index contributed by atoms with van der Waals surface area (Å²) in [6.07, 6.45) is 16.1. The lowest BCUT2D eigenvalue weighted by Crippen LogP contribution is -2.33. The van der Waals surface area contributed by atoms with Gasteiger partial charge < -0.3 is 5.32 Å². The molecule has 0 saturated heterocycles. The van der Waals surface area contributed by atoms with Gasteiger partial charge in [0.2, 0.25) is 0 Å².